The molecule has 0 saturated heterocycles. The highest BCUT2D eigenvalue weighted by atomic mass is 32.1. The third-order valence-corrected chi connectivity index (χ3v) is 3.98. The van der Waals surface area contributed by atoms with E-state index >= 15 is 0 Å². The Morgan fingerprint density at radius 1 is 1.55 bits per heavy atom. The van der Waals surface area contributed by atoms with Crippen molar-refractivity contribution in [2.45, 2.75) is 26.3 Å². The first kappa shape index (κ1) is 16.7. The molecule has 110 valence electrons. The van der Waals surface area contributed by atoms with Crippen LogP contribution in [-0.2, 0) is 0 Å². The lowest BCUT2D eigenvalue weighted by Gasteiger charge is -2.16. The molecule has 1 atom stereocenters. The highest BCUT2D eigenvalue weighted by Gasteiger charge is 2.14. The summed E-state index contributed by atoms with van der Waals surface area (Å²) in [6.45, 7) is 5.28. The number of carbonyl (C=O) groups is 1. The van der Waals surface area contributed by atoms with Crippen molar-refractivity contribution in [2.75, 3.05) is 27.2 Å². The van der Waals surface area contributed by atoms with Crippen LogP contribution in [0, 0.1) is 18.8 Å². The Balaban J connectivity index is 2.64. The molecule has 0 aliphatic heterocycles. The van der Waals surface area contributed by atoms with Gasteiger partial charge in [0.1, 0.15) is 0 Å². The lowest BCUT2D eigenvalue weighted by Crippen LogP contribution is -2.34. The highest BCUT2D eigenvalue weighted by Crippen LogP contribution is 2.21. The van der Waals surface area contributed by atoms with Crippen molar-refractivity contribution in [1.29, 1.82) is 0 Å². The van der Waals surface area contributed by atoms with Crippen molar-refractivity contribution in [3.63, 3.8) is 0 Å². The zero-order valence-electron chi connectivity index (χ0n) is 12.6. The normalized spacial score (nSPS) is 11.9. The second kappa shape index (κ2) is 8.05. The molecule has 1 amide bonds. The second-order valence-corrected chi connectivity index (χ2v) is 6.15. The van der Waals surface area contributed by atoms with E-state index in [0.717, 1.165) is 23.4 Å². The highest BCUT2D eigenvalue weighted by molar-refractivity contribution is 7.14. The molecule has 0 bridgehead atoms. The van der Waals surface area contributed by atoms with Gasteiger partial charge in [-0.25, -0.2) is 0 Å². The van der Waals surface area contributed by atoms with Gasteiger partial charge >= 0.3 is 0 Å². The molecule has 0 fully saturated rings. The number of nitrogens with two attached hydrogens (primary N) is 1. The van der Waals surface area contributed by atoms with Crippen molar-refractivity contribution in [1.82, 2.24) is 10.2 Å². The predicted molar refractivity (Wildman–Crippen MR) is 85.1 cm³/mol. The molecule has 1 unspecified atom stereocenters. The number of hydrogen-bond donors (Lipinski definition) is 2. The molecule has 1 rings (SSSR count). The van der Waals surface area contributed by atoms with Gasteiger partial charge < -0.3 is 16.0 Å². The van der Waals surface area contributed by atoms with Gasteiger partial charge in [-0.3, -0.25) is 4.79 Å². The van der Waals surface area contributed by atoms with Crippen molar-refractivity contribution >= 4 is 17.2 Å². The van der Waals surface area contributed by atoms with Crippen LogP contribution in [0.2, 0.25) is 0 Å². The number of aryl methyl sites for hydroxylation is 1. The maximum Gasteiger partial charge on any atom is 0.261 e. The number of amides is 1. The molecular weight excluding hydrogens is 270 g/mol. The third-order valence-electron chi connectivity index (χ3n) is 2.83. The van der Waals surface area contributed by atoms with Crippen LogP contribution in [0.3, 0.4) is 0 Å². The van der Waals surface area contributed by atoms with E-state index in [1.54, 1.807) is 0 Å². The monoisotopic (exact) mass is 293 g/mol. The molecule has 0 aliphatic rings. The first-order valence-electron chi connectivity index (χ1n) is 6.69. The van der Waals surface area contributed by atoms with E-state index in [9.17, 15) is 4.79 Å². The second-order valence-electron chi connectivity index (χ2n) is 5.10. The van der Waals surface area contributed by atoms with E-state index in [1.165, 1.54) is 11.3 Å². The van der Waals surface area contributed by atoms with Gasteiger partial charge in [0.25, 0.3) is 5.91 Å². The third kappa shape index (κ3) is 5.33. The van der Waals surface area contributed by atoms with E-state index in [4.69, 9.17) is 5.73 Å². The van der Waals surface area contributed by atoms with E-state index in [2.05, 4.69) is 22.1 Å². The van der Waals surface area contributed by atoms with E-state index in [1.807, 2.05) is 34.0 Å². The van der Waals surface area contributed by atoms with Crippen LogP contribution in [0.5, 0.6) is 0 Å². The summed E-state index contributed by atoms with van der Waals surface area (Å²) in [6, 6.07) is 2.05. The van der Waals surface area contributed by atoms with E-state index in [0.29, 0.717) is 11.4 Å². The molecule has 0 radical (unpaired) electrons. The van der Waals surface area contributed by atoms with Gasteiger partial charge in [-0.15, -0.1) is 11.3 Å². The number of nitrogens with zero attached hydrogens (tertiary/aromatic N) is 1. The minimum atomic E-state index is -0.0230. The smallest absolute Gasteiger partial charge is 0.261 e. The molecule has 4 nitrogen and oxygen atoms in total. The molecule has 3 N–H and O–H groups in total. The lowest BCUT2D eigenvalue weighted by atomic mass is 10.2. The number of carbonyl (C=O) groups excluding carboxylic acids is 1. The molecule has 1 aromatic heterocycles. The minimum absolute atomic E-state index is 0.0230. The summed E-state index contributed by atoms with van der Waals surface area (Å²) in [4.78, 5) is 15.9. The Hall–Kier alpha value is -1.35. The number of rotatable bonds is 5. The standard InChI is InChI=1S/C15H23N3OS/c1-11-10-14(20-13(11)6-5-8-16)15(19)17-12(2)7-9-18(3)4/h10,12H,7-9,16H2,1-4H3,(H,17,19). The van der Waals surface area contributed by atoms with Gasteiger partial charge in [-0.05, 0) is 52.5 Å². The zero-order chi connectivity index (χ0) is 15.1. The Labute approximate surface area is 125 Å². The van der Waals surface area contributed by atoms with Crippen LogP contribution in [-0.4, -0.2) is 44.0 Å². The Morgan fingerprint density at radius 2 is 2.25 bits per heavy atom. The van der Waals surface area contributed by atoms with Gasteiger partial charge in [0.05, 0.1) is 16.3 Å². The van der Waals surface area contributed by atoms with E-state index < -0.39 is 0 Å². The number of hydrogen-bond acceptors (Lipinski definition) is 4. The Bertz CT molecular complexity index is 511. The summed E-state index contributed by atoms with van der Waals surface area (Å²) in [5.74, 6) is 5.80. The first-order chi connectivity index (χ1) is 9.43. The van der Waals surface area contributed by atoms with Gasteiger partial charge in [-0.1, -0.05) is 11.8 Å². The fourth-order valence-corrected chi connectivity index (χ4v) is 2.62. The summed E-state index contributed by atoms with van der Waals surface area (Å²) >= 11 is 1.42. The Kier molecular flexibility index (Phi) is 6.73. The summed E-state index contributed by atoms with van der Waals surface area (Å²) in [5, 5.41) is 3.02. The fourth-order valence-electron chi connectivity index (χ4n) is 1.67. The summed E-state index contributed by atoms with van der Waals surface area (Å²) in [7, 11) is 4.05. The van der Waals surface area contributed by atoms with Gasteiger partial charge in [0, 0.05) is 6.04 Å². The molecular formula is C15H23N3OS. The van der Waals surface area contributed by atoms with Crippen LogP contribution in [0.25, 0.3) is 0 Å². The first-order valence-corrected chi connectivity index (χ1v) is 7.50. The lowest BCUT2D eigenvalue weighted by molar-refractivity contribution is 0.0941. The van der Waals surface area contributed by atoms with Gasteiger partial charge in [0.2, 0.25) is 0 Å². The van der Waals surface area contributed by atoms with Crippen LogP contribution in [0.4, 0.5) is 0 Å². The van der Waals surface area contributed by atoms with E-state index in [-0.39, 0.29) is 11.9 Å². The quantitative estimate of drug-likeness (QED) is 0.808. The van der Waals surface area contributed by atoms with Crippen molar-refractivity contribution in [3.8, 4) is 11.8 Å². The van der Waals surface area contributed by atoms with Gasteiger partial charge in [0.15, 0.2) is 0 Å². The van der Waals surface area contributed by atoms with Crippen molar-refractivity contribution < 1.29 is 4.79 Å². The average molecular weight is 293 g/mol. The summed E-state index contributed by atoms with van der Waals surface area (Å²) in [5.41, 5.74) is 6.39. The topological polar surface area (TPSA) is 58.4 Å². The summed E-state index contributed by atoms with van der Waals surface area (Å²) < 4.78 is 0. The molecule has 1 heterocycles. The molecule has 0 saturated carbocycles. The maximum absolute atomic E-state index is 12.2. The maximum atomic E-state index is 12.2. The molecule has 20 heavy (non-hydrogen) atoms. The van der Waals surface area contributed by atoms with Crippen LogP contribution >= 0.6 is 11.3 Å². The molecule has 0 aliphatic carbocycles. The zero-order valence-corrected chi connectivity index (χ0v) is 13.4. The molecule has 5 heteroatoms. The van der Waals surface area contributed by atoms with Crippen molar-refractivity contribution in [3.05, 3.63) is 21.4 Å². The van der Waals surface area contributed by atoms with Crippen LogP contribution < -0.4 is 11.1 Å². The summed E-state index contributed by atoms with van der Waals surface area (Å²) in [6.07, 6.45) is 0.933. The number of nitrogens with one attached hydrogen (secondary N) is 1. The molecule has 1 aromatic rings. The molecule has 0 spiro atoms. The average Bonchev–Trinajstić information content (AvgIpc) is 2.75. The van der Waals surface area contributed by atoms with Crippen LogP contribution in [0.1, 0.15) is 33.5 Å². The van der Waals surface area contributed by atoms with Crippen LogP contribution in [0.15, 0.2) is 6.07 Å². The largest absolute Gasteiger partial charge is 0.349 e. The Morgan fingerprint density at radius 3 is 2.85 bits per heavy atom. The van der Waals surface area contributed by atoms with Crippen molar-refractivity contribution in [2.24, 2.45) is 5.73 Å². The number of thiophene rings is 1. The minimum Gasteiger partial charge on any atom is -0.349 e. The molecule has 0 aromatic carbocycles. The predicted octanol–water partition coefficient (Wildman–Crippen LogP) is 1.44. The SMILES string of the molecule is Cc1cc(C(=O)NC(C)CCN(C)C)sc1C#CCN. The van der Waals surface area contributed by atoms with Gasteiger partial charge in [-0.2, -0.15) is 0 Å². The fraction of sp³-hybridized carbons (Fsp3) is 0.533.